The van der Waals surface area contributed by atoms with Crippen LogP contribution in [0.3, 0.4) is 0 Å². The van der Waals surface area contributed by atoms with Crippen LogP contribution in [0.15, 0.2) is 0 Å². The smallest absolute Gasteiger partial charge is 0.314 e. The minimum atomic E-state index is -1.99. The summed E-state index contributed by atoms with van der Waals surface area (Å²) in [6.45, 7) is -3.11. The molecule has 0 spiro atoms. The number of hydrogen-bond donors (Lipinski definition) is 2. The summed E-state index contributed by atoms with van der Waals surface area (Å²) in [5, 5.41) is 51.6. The van der Waals surface area contributed by atoms with Gasteiger partial charge in [-0.15, -0.1) is 0 Å². The average molecular weight is 483 g/mol. The molecule has 0 aliphatic carbocycles. The van der Waals surface area contributed by atoms with Gasteiger partial charge < -0.3 is 29.2 Å². The van der Waals surface area contributed by atoms with E-state index in [4.69, 9.17) is 18.9 Å². The molecule has 1 fully saturated rings. The molecule has 0 aromatic carbocycles. The van der Waals surface area contributed by atoms with Crippen molar-refractivity contribution in [3.63, 3.8) is 0 Å². The second kappa shape index (κ2) is 13.1. The third kappa shape index (κ3) is 10.1. The molecule has 0 amide bonds. The SMILES string of the molecule is O=C(CC[N+](=O)[O-])OC[C@H]1O[C@@H](OC(=O)CC[N+](=O)[O-])[C@H](OC(=O)CC[N+](=O)[O-])[C@@H](O)[C@@H]1O. The molecule has 5 atom stereocenters. The first-order chi connectivity index (χ1) is 15.4. The van der Waals surface area contributed by atoms with Gasteiger partial charge in [0.1, 0.15) is 44.2 Å². The van der Waals surface area contributed by atoms with Crippen LogP contribution in [0.1, 0.15) is 19.3 Å². The third-order valence-electron chi connectivity index (χ3n) is 4.06. The number of esters is 3. The lowest BCUT2D eigenvalue weighted by Gasteiger charge is -2.41. The van der Waals surface area contributed by atoms with E-state index in [-0.39, 0.29) is 0 Å². The van der Waals surface area contributed by atoms with Crippen LogP contribution in [0, 0.1) is 30.3 Å². The Morgan fingerprint density at radius 1 is 0.758 bits per heavy atom. The van der Waals surface area contributed by atoms with E-state index in [9.17, 15) is 54.9 Å². The minimum Gasteiger partial charge on any atom is -0.463 e. The monoisotopic (exact) mass is 483 g/mol. The zero-order valence-corrected chi connectivity index (χ0v) is 16.9. The molecule has 1 aliphatic rings. The molecule has 1 rings (SSSR count). The number of carbonyl (C=O) groups excluding carboxylic acids is 3. The van der Waals surface area contributed by atoms with Crippen LogP contribution < -0.4 is 0 Å². The Bertz CT molecular complexity index is 757. The molecule has 186 valence electrons. The van der Waals surface area contributed by atoms with Crippen molar-refractivity contribution in [1.82, 2.24) is 0 Å². The van der Waals surface area contributed by atoms with E-state index in [1.165, 1.54) is 0 Å². The van der Waals surface area contributed by atoms with Crippen molar-refractivity contribution in [1.29, 1.82) is 0 Å². The Morgan fingerprint density at radius 2 is 1.21 bits per heavy atom. The molecular weight excluding hydrogens is 462 g/mol. The van der Waals surface area contributed by atoms with E-state index in [0.29, 0.717) is 0 Å². The number of aliphatic hydroxyl groups is 2. The van der Waals surface area contributed by atoms with E-state index in [2.05, 4.69) is 0 Å². The summed E-state index contributed by atoms with van der Waals surface area (Å²) in [7, 11) is 0. The van der Waals surface area contributed by atoms with Crippen molar-refractivity contribution in [3.8, 4) is 0 Å². The molecule has 1 saturated heterocycles. The first kappa shape index (κ1) is 27.5. The lowest BCUT2D eigenvalue weighted by atomic mass is 9.99. The largest absolute Gasteiger partial charge is 0.463 e. The summed E-state index contributed by atoms with van der Waals surface area (Å²) in [6, 6.07) is 0. The van der Waals surface area contributed by atoms with Crippen molar-refractivity contribution < 1.29 is 58.3 Å². The summed E-state index contributed by atoms with van der Waals surface area (Å²) in [5.74, 6) is -3.44. The highest BCUT2D eigenvalue weighted by atomic mass is 16.7. The van der Waals surface area contributed by atoms with Gasteiger partial charge in [-0.05, 0) is 0 Å². The molecule has 0 aromatic rings. The molecule has 1 aliphatic heterocycles. The van der Waals surface area contributed by atoms with Gasteiger partial charge >= 0.3 is 17.9 Å². The van der Waals surface area contributed by atoms with E-state index in [1.807, 2.05) is 0 Å². The highest BCUT2D eigenvalue weighted by Crippen LogP contribution is 2.26. The Morgan fingerprint density at radius 3 is 1.70 bits per heavy atom. The summed E-state index contributed by atoms with van der Waals surface area (Å²) in [5.41, 5.74) is 0. The van der Waals surface area contributed by atoms with Crippen LogP contribution in [0.4, 0.5) is 0 Å². The van der Waals surface area contributed by atoms with E-state index in [0.717, 1.165) is 0 Å². The van der Waals surface area contributed by atoms with Crippen LogP contribution in [0.25, 0.3) is 0 Å². The minimum absolute atomic E-state index is 0.603. The summed E-state index contributed by atoms with van der Waals surface area (Å²) >= 11 is 0. The number of nitro groups is 3. The van der Waals surface area contributed by atoms with Gasteiger partial charge in [0.15, 0.2) is 6.10 Å². The molecule has 18 nitrogen and oxygen atoms in total. The molecule has 0 bridgehead atoms. The van der Waals surface area contributed by atoms with Crippen molar-refractivity contribution >= 4 is 17.9 Å². The second-order valence-electron chi connectivity index (χ2n) is 6.57. The van der Waals surface area contributed by atoms with Crippen molar-refractivity contribution in [2.24, 2.45) is 0 Å². The van der Waals surface area contributed by atoms with Crippen LogP contribution >= 0.6 is 0 Å². The standard InChI is InChI=1S/C15H21N3O15/c19-9(1-4-16(24)25)30-7-8-12(22)13(23)14(32-10(20)2-5-17(26)27)15(31-8)33-11(21)3-6-18(28)29/h8,12-15,22-23H,1-7H2/t8-,12-,13+,14-,15+/m1/s1. The van der Waals surface area contributed by atoms with Gasteiger partial charge in [-0.25, -0.2) is 0 Å². The van der Waals surface area contributed by atoms with Crippen molar-refractivity contribution in [2.75, 3.05) is 26.2 Å². The number of hydrogen-bond acceptors (Lipinski definition) is 15. The number of nitrogens with zero attached hydrogens (tertiary/aromatic N) is 3. The third-order valence-corrected chi connectivity index (χ3v) is 4.06. The zero-order valence-electron chi connectivity index (χ0n) is 16.9. The summed E-state index contributed by atoms with van der Waals surface area (Å²) in [6.07, 6.45) is -11.3. The Kier molecular flexibility index (Phi) is 11.0. The van der Waals surface area contributed by atoms with Crippen molar-refractivity contribution in [3.05, 3.63) is 30.3 Å². The van der Waals surface area contributed by atoms with Gasteiger partial charge in [0.25, 0.3) is 0 Å². The van der Waals surface area contributed by atoms with Crippen molar-refractivity contribution in [2.45, 2.75) is 50.0 Å². The molecule has 2 N–H and O–H groups in total. The fourth-order valence-electron chi connectivity index (χ4n) is 2.46. The lowest BCUT2D eigenvalue weighted by molar-refractivity contribution is -0.479. The predicted octanol–water partition coefficient (Wildman–Crippen LogP) is -2.57. The van der Waals surface area contributed by atoms with Gasteiger partial charge in [0.05, 0.1) is 0 Å². The first-order valence-corrected chi connectivity index (χ1v) is 9.32. The Balaban J connectivity index is 2.87. The second-order valence-corrected chi connectivity index (χ2v) is 6.57. The Labute approximate surface area is 183 Å². The highest BCUT2D eigenvalue weighted by molar-refractivity contribution is 5.71. The predicted molar refractivity (Wildman–Crippen MR) is 97.0 cm³/mol. The van der Waals surface area contributed by atoms with Gasteiger partial charge in [0, 0.05) is 14.8 Å². The number of ether oxygens (including phenoxy) is 4. The maximum atomic E-state index is 11.8. The molecule has 33 heavy (non-hydrogen) atoms. The summed E-state index contributed by atoms with van der Waals surface area (Å²) in [4.78, 5) is 63.8. The number of carbonyl (C=O) groups is 3. The number of rotatable bonds is 13. The van der Waals surface area contributed by atoms with Crippen LogP contribution in [0.5, 0.6) is 0 Å². The molecule has 18 heteroatoms. The molecule has 0 unspecified atom stereocenters. The van der Waals surface area contributed by atoms with Gasteiger partial charge in [-0.2, -0.15) is 0 Å². The number of aliphatic hydroxyl groups excluding tert-OH is 2. The van der Waals surface area contributed by atoms with Crippen LogP contribution in [-0.4, -0.2) is 99.8 Å². The summed E-state index contributed by atoms with van der Waals surface area (Å²) < 4.78 is 19.6. The average Bonchev–Trinajstić information content (AvgIpc) is 2.73. The van der Waals surface area contributed by atoms with Crippen LogP contribution in [-0.2, 0) is 33.3 Å². The molecular formula is C15H21N3O15. The van der Waals surface area contributed by atoms with E-state index >= 15 is 0 Å². The van der Waals surface area contributed by atoms with E-state index < -0.39 is 109 Å². The first-order valence-electron chi connectivity index (χ1n) is 9.32. The molecule has 0 aromatic heterocycles. The molecule has 0 radical (unpaired) electrons. The molecule has 1 heterocycles. The maximum Gasteiger partial charge on any atom is 0.314 e. The zero-order chi connectivity index (χ0) is 25.1. The quantitative estimate of drug-likeness (QED) is 0.118. The fourth-order valence-corrected chi connectivity index (χ4v) is 2.46. The van der Waals surface area contributed by atoms with Gasteiger partial charge in [-0.3, -0.25) is 44.7 Å². The van der Waals surface area contributed by atoms with Crippen LogP contribution in [0.2, 0.25) is 0 Å². The topological polar surface area (TPSA) is 258 Å². The normalized spacial score (nSPS) is 24.4. The highest BCUT2D eigenvalue weighted by Gasteiger charge is 2.49. The van der Waals surface area contributed by atoms with E-state index in [1.54, 1.807) is 0 Å². The maximum absolute atomic E-state index is 11.8. The van der Waals surface area contributed by atoms with Gasteiger partial charge in [-0.1, -0.05) is 0 Å². The Hall–Kier alpha value is -3.51. The fraction of sp³-hybridized carbons (Fsp3) is 0.800. The molecule has 0 saturated carbocycles. The van der Waals surface area contributed by atoms with Gasteiger partial charge in [0.2, 0.25) is 25.9 Å². The lowest BCUT2D eigenvalue weighted by Crippen LogP contribution is -2.61.